The van der Waals surface area contributed by atoms with Crippen LogP contribution in [-0.2, 0) is 19.1 Å². The Balaban J connectivity index is 3.61. The minimum atomic E-state index is -0.688. The molecule has 0 aliphatic heterocycles. The van der Waals surface area contributed by atoms with Gasteiger partial charge in [-0.1, -0.05) is 0 Å². The summed E-state index contributed by atoms with van der Waals surface area (Å²) in [6.45, 7) is 3.56. The molecule has 0 aromatic heterocycles. The molecule has 0 saturated carbocycles. The first-order valence-electron chi connectivity index (χ1n) is 4.58. The van der Waals surface area contributed by atoms with Crippen molar-refractivity contribution in [2.24, 2.45) is 5.73 Å². The van der Waals surface area contributed by atoms with Crippen molar-refractivity contribution in [2.75, 3.05) is 18.6 Å². The van der Waals surface area contributed by atoms with Crippen LogP contribution in [0, 0.1) is 0 Å². The van der Waals surface area contributed by atoms with Crippen LogP contribution in [0.3, 0.4) is 0 Å². The van der Waals surface area contributed by atoms with Gasteiger partial charge in [-0.05, 0) is 13.8 Å². The van der Waals surface area contributed by atoms with Crippen molar-refractivity contribution in [2.45, 2.75) is 26.0 Å². The Hall–Kier alpha value is -0.750. The zero-order valence-corrected chi connectivity index (χ0v) is 10.0. The smallest absolute Gasteiger partial charge is 0.323 e. The molecule has 5 nitrogen and oxygen atoms in total. The standard InChI is InChI=1S/C9H17NO4S/c1-6(2)14-8(11)5-15-4-7(10)9(12)13-3/h6-7H,4-5,10H2,1-3H3. The van der Waals surface area contributed by atoms with E-state index in [4.69, 9.17) is 10.5 Å². The molecule has 0 rings (SSSR count). The molecule has 0 bridgehead atoms. The molecule has 0 aliphatic carbocycles. The topological polar surface area (TPSA) is 78.6 Å². The van der Waals surface area contributed by atoms with E-state index in [2.05, 4.69) is 4.74 Å². The van der Waals surface area contributed by atoms with Gasteiger partial charge in [0.1, 0.15) is 6.04 Å². The van der Waals surface area contributed by atoms with Crippen LogP contribution in [0.5, 0.6) is 0 Å². The Bertz CT molecular complexity index is 220. The minimum Gasteiger partial charge on any atom is -0.468 e. The van der Waals surface area contributed by atoms with Crippen molar-refractivity contribution in [1.29, 1.82) is 0 Å². The van der Waals surface area contributed by atoms with Crippen molar-refractivity contribution in [3.8, 4) is 0 Å². The fraction of sp³-hybridized carbons (Fsp3) is 0.778. The van der Waals surface area contributed by atoms with Crippen LogP contribution in [0.2, 0.25) is 0 Å². The predicted molar refractivity (Wildman–Crippen MR) is 58.5 cm³/mol. The highest BCUT2D eigenvalue weighted by atomic mass is 32.2. The van der Waals surface area contributed by atoms with Crippen molar-refractivity contribution in [1.82, 2.24) is 0 Å². The molecule has 0 amide bonds. The van der Waals surface area contributed by atoms with Crippen LogP contribution in [0.15, 0.2) is 0 Å². The zero-order chi connectivity index (χ0) is 11.8. The summed E-state index contributed by atoms with van der Waals surface area (Å²) in [7, 11) is 1.28. The number of thioether (sulfide) groups is 1. The number of ether oxygens (including phenoxy) is 2. The first kappa shape index (κ1) is 14.2. The molecule has 6 heteroatoms. The fourth-order valence-corrected chi connectivity index (χ4v) is 1.53. The number of rotatable bonds is 6. The second-order valence-corrected chi connectivity index (χ2v) is 4.21. The summed E-state index contributed by atoms with van der Waals surface area (Å²) >= 11 is 1.25. The maximum Gasteiger partial charge on any atom is 0.323 e. The van der Waals surface area contributed by atoms with Gasteiger partial charge >= 0.3 is 11.9 Å². The Morgan fingerprint density at radius 1 is 1.40 bits per heavy atom. The zero-order valence-electron chi connectivity index (χ0n) is 9.19. The van der Waals surface area contributed by atoms with E-state index in [1.54, 1.807) is 13.8 Å². The van der Waals surface area contributed by atoms with Gasteiger partial charge in [-0.15, -0.1) is 11.8 Å². The van der Waals surface area contributed by atoms with E-state index in [1.165, 1.54) is 18.9 Å². The highest BCUT2D eigenvalue weighted by Gasteiger charge is 2.14. The van der Waals surface area contributed by atoms with Crippen LogP contribution < -0.4 is 5.73 Å². The van der Waals surface area contributed by atoms with E-state index in [1.807, 2.05) is 0 Å². The van der Waals surface area contributed by atoms with E-state index in [-0.39, 0.29) is 17.8 Å². The number of carbonyl (C=O) groups excluding carboxylic acids is 2. The van der Waals surface area contributed by atoms with Crippen molar-refractivity contribution in [3.63, 3.8) is 0 Å². The van der Waals surface area contributed by atoms with Crippen LogP contribution in [0.25, 0.3) is 0 Å². The third-order valence-electron chi connectivity index (χ3n) is 1.39. The molecule has 0 heterocycles. The van der Waals surface area contributed by atoms with Gasteiger partial charge in [-0.25, -0.2) is 0 Å². The van der Waals surface area contributed by atoms with Gasteiger partial charge in [0.25, 0.3) is 0 Å². The molecule has 0 aromatic carbocycles. The molecule has 1 atom stereocenters. The number of hydrogen-bond acceptors (Lipinski definition) is 6. The summed E-state index contributed by atoms with van der Waals surface area (Å²) in [5.41, 5.74) is 5.47. The van der Waals surface area contributed by atoms with Gasteiger partial charge in [0.05, 0.1) is 19.0 Å². The number of methoxy groups -OCH3 is 1. The molecule has 0 aliphatic rings. The van der Waals surface area contributed by atoms with Crippen LogP contribution in [-0.4, -0.2) is 42.7 Å². The lowest BCUT2D eigenvalue weighted by Gasteiger charge is -2.09. The number of nitrogens with two attached hydrogens (primary N) is 1. The Morgan fingerprint density at radius 3 is 2.47 bits per heavy atom. The summed E-state index contributed by atoms with van der Waals surface area (Å²) in [5.74, 6) is -0.227. The summed E-state index contributed by atoms with van der Waals surface area (Å²) in [6.07, 6.45) is -0.118. The maximum atomic E-state index is 11.1. The summed E-state index contributed by atoms with van der Waals surface area (Å²) in [5, 5.41) is 0. The first-order chi connectivity index (χ1) is 6.97. The second-order valence-electron chi connectivity index (χ2n) is 3.18. The van der Waals surface area contributed by atoms with E-state index in [0.717, 1.165) is 0 Å². The lowest BCUT2D eigenvalue weighted by Crippen LogP contribution is -2.34. The molecule has 0 saturated heterocycles. The quantitative estimate of drug-likeness (QED) is 0.661. The highest BCUT2D eigenvalue weighted by Crippen LogP contribution is 2.04. The minimum absolute atomic E-state index is 0.118. The third kappa shape index (κ3) is 7.21. The van der Waals surface area contributed by atoms with Crippen LogP contribution in [0.1, 0.15) is 13.8 Å². The molecule has 0 spiro atoms. The number of esters is 2. The normalized spacial score (nSPS) is 12.3. The Labute approximate surface area is 93.7 Å². The summed E-state index contributed by atoms with van der Waals surface area (Å²) < 4.78 is 9.34. The van der Waals surface area contributed by atoms with Gasteiger partial charge in [-0.2, -0.15) is 0 Å². The lowest BCUT2D eigenvalue weighted by molar-refractivity contribution is -0.144. The Morgan fingerprint density at radius 2 is 2.00 bits per heavy atom. The van der Waals surface area contributed by atoms with E-state index in [0.29, 0.717) is 5.75 Å². The Kier molecular flexibility index (Phi) is 7.15. The fourth-order valence-electron chi connectivity index (χ4n) is 0.786. The predicted octanol–water partition coefficient (Wildman–Crippen LogP) is 0.172. The highest BCUT2D eigenvalue weighted by molar-refractivity contribution is 8.00. The molecule has 88 valence electrons. The number of hydrogen-bond donors (Lipinski definition) is 1. The van der Waals surface area contributed by atoms with E-state index >= 15 is 0 Å². The maximum absolute atomic E-state index is 11.1. The average molecular weight is 235 g/mol. The lowest BCUT2D eigenvalue weighted by atomic mass is 10.4. The molecule has 1 unspecified atom stereocenters. The van der Waals surface area contributed by atoms with Crippen molar-refractivity contribution >= 4 is 23.7 Å². The summed E-state index contributed by atoms with van der Waals surface area (Å²) in [6, 6.07) is -0.688. The monoisotopic (exact) mass is 235 g/mol. The summed E-state index contributed by atoms with van der Waals surface area (Å²) in [4.78, 5) is 22.0. The average Bonchev–Trinajstić information content (AvgIpc) is 2.15. The van der Waals surface area contributed by atoms with Crippen molar-refractivity contribution < 1.29 is 19.1 Å². The van der Waals surface area contributed by atoms with Crippen LogP contribution in [0.4, 0.5) is 0 Å². The molecule has 15 heavy (non-hydrogen) atoms. The molecular formula is C9H17NO4S. The van der Waals surface area contributed by atoms with Gasteiger partial charge in [0.15, 0.2) is 0 Å². The van der Waals surface area contributed by atoms with Gasteiger partial charge < -0.3 is 15.2 Å². The van der Waals surface area contributed by atoms with E-state index < -0.39 is 12.0 Å². The third-order valence-corrected chi connectivity index (χ3v) is 2.42. The van der Waals surface area contributed by atoms with Gasteiger partial charge in [-0.3, -0.25) is 9.59 Å². The SMILES string of the molecule is COC(=O)C(N)CSCC(=O)OC(C)C. The first-order valence-corrected chi connectivity index (χ1v) is 5.73. The molecule has 2 N–H and O–H groups in total. The largest absolute Gasteiger partial charge is 0.468 e. The molecular weight excluding hydrogens is 218 g/mol. The van der Waals surface area contributed by atoms with Gasteiger partial charge in [0.2, 0.25) is 0 Å². The van der Waals surface area contributed by atoms with Gasteiger partial charge in [0, 0.05) is 5.75 Å². The molecule has 0 fully saturated rings. The van der Waals surface area contributed by atoms with Crippen molar-refractivity contribution in [3.05, 3.63) is 0 Å². The molecule has 0 aromatic rings. The number of carbonyl (C=O) groups is 2. The van der Waals surface area contributed by atoms with Crippen LogP contribution >= 0.6 is 11.8 Å². The van der Waals surface area contributed by atoms with E-state index in [9.17, 15) is 9.59 Å². The second kappa shape index (κ2) is 7.53. The molecule has 0 radical (unpaired) electrons.